The smallest absolute Gasteiger partial charge is 0.223 e. The van der Waals surface area contributed by atoms with E-state index in [0.717, 1.165) is 36.3 Å². The lowest BCUT2D eigenvalue weighted by Crippen LogP contribution is -2.31. The minimum Gasteiger partial charge on any atom is -0.493 e. The third kappa shape index (κ3) is 4.92. The average molecular weight is 375 g/mol. The predicted octanol–water partition coefficient (Wildman–Crippen LogP) is 4.27. The maximum absolute atomic E-state index is 12.3. The van der Waals surface area contributed by atoms with Crippen LogP contribution in [0.25, 0.3) is 0 Å². The Bertz CT molecular complexity index is 777. The van der Waals surface area contributed by atoms with Gasteiger partial charge < -0.3 is 15.8 Å². The molecule has 1 aliphatic rings. The predicted molar refractivity (Wildman–Crippen MR) is 108 cm³/mol. The molecule has 0 saturated carbocycles. The van der Waals surface area contributed by atoms with Gasteiger partial charge in [-0.1, -0.05) is 23.8 Å². The van der Waals surface area contributed by atoms with Gasteiger partial charge in [-0.05, 0) is 68.0 Å². The number of fused-ring (bicyclic) bond motifs is 1. The van der Waals surface area contributed by atoms with Crippen LogP contribution >= 0.6 is 12.4 Å². The number of rotatable bonds is 5. The van der Waals surface area contributed by atoms with Gasteiger partial charge in [0.2, 0.25) is 5.91 Å². The highest BCUT2D eigenvalue weighted by Crippen LogP contribution is 2.31. The van der Waals surface area contributed by atoms with E-state index < -0.39 is 0 Å². The van der Waals surface area contributed by atoms with Crippen LogP contribution in [-0.2, 0) is 11.2 Å². The number of nitrogen functional groups attached to an aromatic ring is 1. The molecule has 0 bridgehead atoms. The second kappa shape index (κ2) is 8.95. The van der Waals surface area contributed by atoms with Crippen LogP contribution in [0.3, 0.4) is 0 Å². The third-order valence-corrected chi connectivity index (χ3v) is 4.73. The molecule has 0 fully saturated rings. The number of nitrogens with one attached hydrogen (secondary N) is 1. The van der Waals surface area contributed by atoms with Gasteiger partial charge in [0.05, 0.1) is 19.1 Å². The van der Waals surface area contributed by atoms with E-state index in [0.29, 0.717) is 13.0 Å². The van der Waals surface area contributed by atoms with Crippen LogP contribution in [0.1, 0.15) is 47.6 Å². The van der Waals surface area contributed by atoms with Crippen LogP contribution < -0.4 is 15.8 Å². The normalized spacial score (nSPS) is 15.5. The molecule has 1 aliphatic carbocycles. The molecule has 0 heterocycles. The summed E-state index contributed by atoms with van der Waals surface area (Å²) in [5, 5.41) is 3.14. The van der Waals surface area contributed by atoms with E-state index in [4.69, 9.17) is 10.5 Å². The van der Waals surface area contributed by atoms with Gasteiger partial charge in [-0.3, -0.25) is 4.79 Å². The van der Waals surface area contributed by atoms with Crippen molar-refractivity contribution in [3.63, 3.8) is 0 Å². The molecule has 2 aromatic rings. The molecule has 1 unspecified atom stereocenters. The summed E-state index contributed by atoms with van der Waals surface area (Å²) in [4.78, 5) is 12.3. The second-order valence-electron chi connectivity index (χ2n) is 6.84. The Morgan fingerprint density at radius 3 is 2.81 bits per heavy atom. The first-order valence-electron chi connectivity index (χ1n) is 8.90. The van der Waals surface area contributed by atoms with E-state index in [1.165, 1.54) is 16.7 Å². The summed E-state index contributed by atoms with van der Waals surface area (Å²) in [6, 6.07) is 12.1. The molecule has 3 rings (SSSR count). The highest BCUT2D eigenvalue weighted by Gasteiger charge is 2.21. The summed E-state index contributed by atoms with van der Waals surface area (Å²) in [5.41, 5.74) is 11.4. The lowest BCUT2D eigenvalue weighted by Gasteiger charge is -2.26. The molecule has 0 aliphatic heterocycles. The van der Waals surface area contributed by atoms with E-state index in [2.05, 4.69) is 18.3 Å². The lowest BCUT2D eigenvalue weighted by atomic mass is 9.87. The van der Waals surface area contributed by atoms with E-state index >= 15 is 0 Å². The van der Waals surface area contributed by atoms with Gasteiger partial charge in [0.1, 0.15) is 5.75 Å². The first-order valence-corrected chi connectivity index (χ1v) is 8.90. The van der Waals surface area contributed by atoms with Crippen molar-refractivity contribution in [2.24, 2.45) is 0 Å². The maximum Gasteiger partial charge on any atom is 0.223 e. The zero-order valence-electron chi connectivity index (χ0n) is 15.4. The van der Waals surface area contributed by atoms with Gasteiger partial charge in [0.25, 0.3) is 0 Å². The highest BCUT2D eigenvalue weighted by atomic mass is 35.5. The fraction of sp³-hybridized carbons (Fsp3) is 0.381. The zero-order chi connectivity index (χ0) is 17.8. The molecule has 0 spiro atoms. The molecule has 0 saturated heterocycles. The lowest BCUT2D eigenvalue weighted by molar-refractivity contribution is -0.122. The number of amides is 1. The number of hydrogen-bond donors (Lipinski definition) is 2. The molecule has 1 amide bonds. The zero-order valence-corrected chi connectivity index (χ0v) is 16.2. The number of ether oxygens (including phenoxy) is 1. The second-order valence-corrected chi connectivity index (χ2v) is 6.84. The molecule has 26 heavy (non-hydrogen) atoms. The molecular formula is C21H27ClN2O2. The molecular weight excluding hydrogens is 348 g/mol. The Morgan fingerprint density at radius 1 is 1.23 bits per heavy atom. The third-order valence-electron chi connectivity index (χ3n) is 4.73. The summed E-state index contributed by atoms with van der Waals surface area (Å²) in [5.74, 6) is 0.872. The summed E-state index contributed by atoms with van der Waals surface area (Å²) in [6.07, 6.45) is 3.43. The van der Waals surface area contributed by atoms with Gasteiger partial charge in [0, 0.05) is 5.69 Å². The number of aryl methyl sites for hydroxylation is 3. The number of carbonyl (C=O) groups excluding carboxylic acids is 1. The Kier molecular flexibility index (Phi) is 6.92. The van der Waals surface area contributed by atoms with Crippen molar-refractivity contribution in [3.05, 3.63) is 58.7 Å². The summed E-state index contributed by atoms with van der Waals surface area (Å²) in [6.45, 7) is 4.46. The minimum atomic E-state index is 0. The molecule has 140 valence electrons. The first-order chi connectivity index (χ1) is 12.0. The molecule has 1 atom stereocenters. The quantitative estimate of drug-likeness (QED) is 0.768. The molecule has 0 radical (unpaired) electrons. The fourth-order valence-electron chi connectivity index (χ4n) is 3.47. The van der Waals surface area contributed by atoms with Crippen molar-refractivity contribution in [2.75, 3.05) is 12.3 Å². The van der Waals surface area contributed by atoms with Crippen LogP contribution in [0.2, 0.25) is 0 Å². The maximum atomic E-state index is 12.3. The van der Waals surface area contributed by atoms with Gasteiger partial charge in [-0.25, -0.2) is 0 Å². The standard InChI is InChI=1S/C21H26N2O2.ClH/c1-14-6-9-20(15(2)12-14)25-11-10-21(24)23-19-5-3-4-16-13-17(22)7-8-18(16)19;/h6-9,12-13,19H,3-5,10-11,22H2,1-2H3,(H,23,24);1H. The number of anilines is 1. The largest absolute Gasteiger partial charge is 0.493 e. The molecule has 5 heteroatoms. The summed E-state index contributed by atoms with van der Waals surface area (Å²) < 4.78 is 5.76. The number of nitrogens with two attached hydrogens (primary N) is 1. The van der Waals surface area contributed by atoms with Crippen molar-refractivity contribution in [1.29, 1.82) is 0 Å². The fourth-order valence-corrected chi connectivity index (χ4v) is 3.47. The highest BCUT2D eigenvalue weighted by molar-refractivity contribution is 5.85. The van der Waals surface area contributed by atoms with Gasteiger partial charge >= 0.3 is 0 Å². The van der Waals surface area contributed by atoms with Crippen molar-refractivity contribution >= 4 is 24.0 Å². The SMILES string of the molecule is Cc1ccc(OCCC(=O)NC2CCCc3cc(N)ccc32)c(C)c1.Cl. The Morgan fingerprint density at radius 2 is 2.04 bits per heavy atom. The number of benzene rings is 2. The van der Waals surface area contributed by atoms with E-state index in [9.17, 15) is 4.79 Å². The van der Waals surface area contributed by atoms with Gasteiger partial charge in [0.15, 0.2) is 0 Å². The Balaban J connectivity index is 0.00000243. The molecule has 4 nitrogen and oxygen atoms in total. The van der Waals surface area contributed by atoms with Crippen molar-refractivity contribution in [1.82, 2.24) is 5.32 Å². The van der Waals surface area contributed by atoms with E-state index in [1.54, 1.807) is 0 Å². The number of carbonyl (C=O) groups is 1. The monoisotopic (exact) mass is 374 g/mol. The van der Waals surface area contributed by atoms with Crippen molar-refractivity contribution in [2.45, 2.75) is 45.6 Å². The van der Waals surface area contributed by atoms with E-state index in [-0.39, 0.29) is 24.4 Å². The Labute approximate surface area is 161 Å². The van der Waals surface area contributed by atoms with Crippen molar-refractivity contribution in [3.8, 4) is 5.75 Å². The minimum absolute atomic E-state index is 0. The van der Waals surface area contributed by atoms with Crippen LogP contribution in [-0.4, -0.2) is 12.5 Å². The molecule has 0 aromatic heterocycles. The van der Waals surface area contributed by atoms with Gasteiger partial charge in [-0.2, -0.15) is 0 Å². The van der Waals surface area contributed by atoms with E-state index in [1.807, 2.05) is 37.3 Å². The summed E-state index contributed by atoms with van der Waals surface area (Å²) >= 11 is 0. The first kappa shape index (κ1) is 20.1. The Hall–Kier alpha value is -2.20. The molecule has 2 aromatic carbocycles. The number of halogens is 1. The molecule has 3 N–H and O–H groups in total. The van der Waals surface area contributed by atoms with Crippen LogP contribution in [0.4, 0.5) is 5.69 Å². The topological polar surface area (TPSA) is 64.3 Å². The summed E-state index contributed by atoms with van der Waals surface area (Å²) in [7, 11) is 0. The number of hydrogen-bond acceptors (Lipinski definition) is 3. The van der Waals surface area contributed by atoms with Gasteiger partial charge in [-0.15, -0.1) is 12.4 Å². The van der Waals surface area contributed by atoms with Crippen molar-refractivity contribution < 1.29 is 9.53 Å². The van der Waals surface area contributed by atoms with Crippen LogP contribution in [0, 0.1) is 13.8 Å². The van der Waals surface area contributed by atoms with Crippen LogP contribution in [0.5, 0.6) is 5.75 Å². The van der Waals surface area contributed by atoms with Crippen LogP contribution in [0.15, 0.2) is 36.4 Å². The average Bonchev–Trinajstić information content (AvgIpc) is 2.57.